The van der Waals surface area contributed by atoms with Crippen LogP contribution in [-0.4, -0.2) is 38.0 Å². The van der Waals surface area contributed by atoms with Crippen molar-refractivity contribution in [3.05, 3.63) is 120 Å². The minimum atomic E-state index is -0.0826. The molecule has 1 aromatic heterocycles. The van der Waals surface area contributed by atoms with Crippen LogP contribution in [0, 0.1) is 0 Å². The van der Waals surface area contributed by atoms with Gasteiger partial charge >= 0.3 is 0 Å². The topological polar surface area (TPSA) is 51.9 Å². The second-order valence-electron chi connectivity index (χ2n) is 10.7. The zero-order valence-electron chi connectivity index (χ0n) is 24.6. The van der Waals surface area contributed by atoms with Crippen LogP contribution in [0.4, 0.5) is 0 Å². The highest BCUT2D eigenvalue weighted by Crippen LogP contribution is 2.36. The number of benzene rings is 4. The summed E-state index contributed by atoms with van der Waals surface area (Å²) in [6.45, 7) is 2.82. The summed E-state index contributed by atoms with van der Waals surface area (Å²) in [5.74, 6) is 2.01. The third-order valence-electron chi connectivity index (χ3n) is 7.54. The van der Waals surface area contributed by atoms with E-state index in [1.54, 1.807) is 31.4 Å². The molecule has 1 heterocycles. The van der Waals surface area contributed by atoms with E-state index in [1.165, 1.54) is 24.8 Å². The van der Waals surface area contributed by atoms with E-state index in [0.717, 1.165) is 42.6 Å². The van der Waals surface area contributed by atoms with Gasteiger partial charge in [-0.25, -0.2) is 0 Å². The minimum absolute atomic E-state index is 0.0826. The van der Waals surface area contributed by atoms with Crippen molar-refractivity contribution < 1.29 is 18.7 Å². The fraction of sp³-hybridized carbons (Fsp3) is 0.270. The molecular formula is C37H39NO4. The lowest BCUT2D eigenvalue weighted by Crippen LogP contribution is -2.18. The molecule has 0 N–H and O–H groups in total. The van der Waals surface area contributed by atoms with Gasteiger partial charge in [-0.2, -0.15) is 0 Å². The maximum Gasteiger partial charge on any atom is 0.197 e. The van der Waals surface area contributed by atoms with E-state index in [1.807, 2.05) is 48.5 Å². The average Bonchev–Trinajstić information content (AvgIpc) is 3.42. The highest BCUT2D eigenvalue weighted by molar-refractivity contribution is 6.19. The summed E-state index contributed by atoms with van der Waals surface area (Å²) in [6, 6.07) is 33.3. The predicted octanol–water partition coefficient (Wildman–Crippen LogP) is 8.80. The number of fused-ring (bicyclic) bond motifs is 1. The number of methoxy groups -OCH3 is 1. The van der Waals surface area contributed by atoms with E-state index >= 15 is 0 Å². The Morgan fingerprint density at radius 3 is 2.17 bits per heavy atom. The number of furan rings is 1. The van der Waals surface area contributed by atoms with Gasteiger partial charge in [0.05, 0.1) is 19.3 Å². The first-order valence-electron chi connectivity index (χ1n) is 14.8. The van der Waals surface area contributed by atoms with Crippen LogP contribution in [-0.2, 0) is 6.54 Å². The Morgan fingerprint density at radius 2 is 1.40 bits per heavy atom. The molecule has 5 rings (SSSR count). The van der Waals surface area contributed by atoms with Crippen LogP contribution in [0.5, 0.6) is 11.5 Å². The summed E-state index contributed by atoms with van der Waals surface area (Å²) in [6.07, 6.45) is 5.87. The number of para-hydroxylation sites is 1. The smallest absolute Gasteiger partial charge is 0.197 e. The molecule has 0 saturated carbocycles. The van der Waals surface area contributed by atoms with Crippen molar-refractivity contribution in [1.29, 1.82) is 0 Å². The number of rotatable bonds is 15. The average molecular weight is 562 g/mol. The number of ketones is 1. The van der Waals surface area contributed by atoms with Gasteiger partial charge in [-0.1, -0.05) is 67.8 Å². The molecule has 5 nitrogen and oxygen atoms in total. The Balaban J connectivity index is 1.11. The maximum absolute atomic E-state index is 13.6. The molecule has 0 aliphatic heterocycles. The summed E-state index contributed by atoms with van der Waals surface area (Å²) >= 11 is 0. The number of hydrogen-bond donors (Lipinski definition) is 0. The van der Waals surface area contributed by atoms with Gasteiger partial charge in [-0.15, -0.1) is 0 Å². The van der Waals surface area contributed by atoms with Gasteiger partial charge < -0.3 is 18.8 Å². The summed E-state index contributed by atoms with van der Waals surface area (Å²) in [5, 5.41) is 0.802. The Kier molecular flexibility index (Phi) is 10.1. The van der Waals surface area contributed by atoms with Crippen LogP contribution < -0.4 is 9.47 Å². The Morgan fingerprint density at radius 1 is 0.738 bits per heavy atom. The van der Waals surface area contributed by atoms with Gasteiger partial charge in [0.15, 0.2) is 5.78 Å². The number of ether oxygens (including phenoxy) is 2. The molecule has 0 aliphatic rings. The summed E-state index contributed by atoms with van der Waals surface area (Å²) in [4.78, 5) is 16.0. The van der Waals surface area contributed by atoms with Crippen molar-refractivity contribution in [2.24, 2.45) is 0 Å². The van der Waals surface area contributed by atoms with Crippen LogP contribution in [0.3, 0.4) is 0 Å². The van der Waals surface area contributed by atoms with Gasteiger partial charge in [0, 0.05) is 23.1 Å². The first-order valence-corrected chi connectivity index (χ1v) is 14.8. The highest BCUT2D eigenvalue weighted by Gasteiger charge is 2.23. The number of unbranched alkanes of at least 4 members (excludes halogenated alkanes) is 4. The van der Waals surface area contributed by atoms with Gasteiger partial charge in [-0.05, 0) is 86.6 Å². The molecule has 0 amide bonds. The van der Waals surface area contributed by atoms with Crippen molar-refractivity contribution in [3.8, 4) is 22.8 Å². The van der Waals surface area contributed by atoms with Gasteiger partial charge in [-0.3, -0.25) is 4.79 Å². The lowest BCUT2D eigenvalue weighted by molar-refractivity contribution is 0.104. The highest BCUT2D eigenvalue weighted by atomic mass is 16.5. The summed E-state index contributed by atoms with van der Waals surface area (Å²) in [5.41, 5.74) is 4.05. The molecule has 42 heavy (non-hydrogen) atoms. The fourth-order valence-electron chi connectivity index (χ4n) is 5.24. The van der Waals surface area contributed by atoms with Gasteiger partial charge in [0.2, 0.25) is 0 Å². The Hall–Kier alpha value is -4.35. The lowest BCUT2D eigenvalue weighted by atomic mass is 9.97. The van der Waals surface area contributed by atoms with Crippen molar-refractivity contribution in [2.45, 2.75) is 38.6 Å². The zero-order chi connectivity index (χ0) is 29.1. The van der Waals surface area contributed by atoms with E-state index in [4.69, 9.17) is 13.9 Å². The second-order valence-corrected chi connectivity index (χ2v) is 10.7. The van der Waals surface area contributed by atoms with Gasteiger partial charge in [0.25, 0.3) is 0 Å². The van der Waals surface area contributed by atoms with E-state index in [0.29, 0.717) is 34.8 Å². The molecule has 0 radical (unpaired) electrons. The molecule has 0 atom stereocenters. The van der Waals surface area contributed by atoms with Crippen molar-refractivity contribution in [3.63, 3.8) is 0 Å². The second kappa shape index (κ2) is 14.5. The van der Waals surface area contributed by atoms with E-state index < -0.39 is 0 Å². The van der Waals surface area contributed by atoms with Crippen molar-refractivity contribution in [1.82, 2.24) is 4.90 Å². The number of hydrogen-bond acceptors (Lipinski definition) is 5. The molecule has 0 aliphatic carbocycles. The Labute approximate surface area is 248 Å². The summed E-state index contributed by atoms with van der Waals surface area (Å²) < 4.78 is 17.5. The SMILES string of the molecule is COc1ccc(C(=O)c2c(-c3ccc(OCCCCCCCN(C)Cc4ccccc4)cc3)oc3ccccc23)cc1. The third-order valence-corrected chi connectivity index (χ3v) is 7.54. The first kappa shape index (κ1) is 29.2. The maximum atomic E-state index is 13.6. The molecule has 0 unspecified atom stereocenters. The third kappa shape index (κ3) is 7.48. The number of carbonyl (C=O) groups excluding carboxylic acids is 1. The molecule has 4 aromatic carbocycles. The lowest BCUT2D eigenvalue weighted by Gasteiger charge is -2.16. The zero-order valence-corrected chi connectivity index (χ0v) is 24.6. The van der Waals surface area contributed by atoms with Crippen LogP contribution in [0.15, 0.2) is 108 Å². The normalized spacial score (nSPS) is 11.2. The van der Waals surface area contributed by atoms with Crippen LogP contribution in [0.1, 0.15) is 53.6 Å². The minimum Gasteiger partial charge on any atom is -0.497 e. The van der Waals surface area contributed by atoms with Crippen molar-refractivity contribution in [2.75, 3.05) is 27.3 Å². The number of carbonyl (C=O) groups is 1. The van der Waals surface area contributed by atoms with E-state index in [-0.39, 0.29) is 5.78 Å². The summed E-state index contributed by atoms with van der Waals surface area (Å²) in [7, 11) is 3.81. The largest absolute Gasteiger partial charge is 0.497 e. The first-order chi connectivity index (χ1) is 20.6. The molecule has 5 aromatic rings. The van der Waals surface area contributed by atoms with Crippen LogP contribution in [0.25, 0.3) is 22.3 Å². The standard InChI is InChI=1S/C37H39NO4/c1-38(27-28-13-7-6-8-14-28)25-11-4-3-5-12-26-41-32-23-19-30(20-24-32)37-35(33-15-9-10-16-34(33)42-37)36(39)29-17-21-31(40-2)22-18-29/h6-10,13-24H,3-5,11-12,25-27H2,1-2H3. The van der Waals surface area contributed by atoms with Gasteiger partial charge in [0.1, 0.15) is 22.8 Å². The molecule has 0 saturated heterocycles. The van der Waals surface area contributed by atoms with Crippen LogP contribution >= 0.6 is 0 Å². The Bertz CT molecular complexity index is 1560. The quantitative estimate of drug-likeness (QED) is 0.0944. The van der Waals surface area contributed by atoms with E-state index in [2.05, 4.69) is 42.3 Å². The molecule has 216 valence electrons. The molecule has 0 fully saturated rings. The molecule has 5 heteroatoms. The monoisotopic (exact) mass is 561 g/mol. The van der Waals surface area contributed by atoms with Crippen molar-refractivity contribution >= 4 is 16.8 Å². The molecule has 0 spiro atoms. The van der Waals surface area contributed by atoms with Crippen LogP contribution in [0.2, 0.25) is 0 Å². The predicted molar refractivity (Wildman–Crippen MR) is 169 cm³/mol. The van der Waals surface area contributed by atoms with E-state index in [9.17, 15) is 4.79 Å². The molecule has 0 bridgehead atoms. The molecular weight excluding hydrogens is 522 g/mol. The fourth-order valence-corrected chi connectivity index (χ4v) is 5.24. The number of nitrogens with zero attached hydrogens (tertiary/aromatic N) is 1.